The van der Waals surface area contributed by atoms with E-state index in [9.17, 15) is 14.7 Å². The number of nitrogens with one attached hydrogen (secondary N) is 1. The van der Waals surface area contributed by atoms with Crippen LogP contribution in [0.1, 0.15) is 38.7 Å². The summed E-state index contributed by atoms with van der Waals surface area (Å²) >= 11 is 0. The van der Waals surface area contributed by atoms with E-state index in [4.69, 9.17) is 6.42 Å². The summed E-state index contributed by atoms with van der Waals surface area (Å²) in [6, 6.07) is 6.67. The van der Waals surface area contributed by atoms with Gasteiger partial charge in [0, 0.05) is 17.8 Å². The van der Waals surface area contributed by atoms with Gasteiger partial charge in [-0.15, -0.1) is 6.42 Å². The lowest BCUT2D eigenvalue weighted by molar-refractivity contribution is -0.139. The fourth-order valence-corrected chi connectivity index (χ4v) is 2.93. The Kier molecular flexibility index (Phi) is 5.07. The van der Waals surface area contributed by atoms with Gasteiger partial charge in [-0.25, -0.2) is 0 Å². The van der Waals surface area contributed by atoms with E-state index < -0.39 is 5.60 Å². The Morgan fingerprint density at radius 1 is 1.48 bits per heavy atom. The van der Waals surface area contributed by atoms with Crippen LogP contribution in [0.2, 0.25) is 0 Å². The second-order valence-electron chi connectivity index (χ2n) is 6.35. The Hall–Kier alpha value is -2.32. The highest BCUT2D eigenvalue weighted by molar-refractivity contribution is 6.03. The molecule has 1 heterocycles. The van der Waals surface area contributed by atoms with Crippen molar-refractivity contribution in [2.75, 3.05) is 11.9 Å². The molecule has 0 bridgehead atoms. The Labute approximate surface area is 136 Å². The summed E-state index contributed by atoms with van der Waals surface area (Å²) < 4.78 is 0. The average molecular weight is 314 g/mol. The first kappa shape index (κ1) is 17.0. The summed E-state index contributed by atoms with van der Waals surface area (Å²) in [4.78, 5) is 26.0. The summed E-state index contributed by atoms with van der Waals surface area (Å²) in [5.41, 5.74) is 0.263. The lowest BCUT2D eigenvalue weighted by atomic mass is 9.96. The number of nitrogens with zero attached hydrogens (tertiary/aromatic N) is 1. The van der Waals surface area contributed by atoms with E-state index in [2.05, 4.69) is 11.2 Å². The zero-order valence-corrected chi connectivity index (χ0v) is 13.5. The number of hydrogen-bond acceptors (Lipinski definition) is 3. The van der Waals surface area contributed by atoms with Crippen LogP contribution >= 0.6 is 0 Å². The molecular weight excluding hydrogens is 292 g/mol. The van der Waals surface area contributed by atoms with Gasteiger partial charge < -0.3 is 15.3 Å². The van der Waals surface area contributed by atoms with Crippen LogP contribution in [0.4, 0.5) is 5.69 Å². The largest absolute Gasteiger partial charge is 0.388 e. The van der Waals surface area contributed by atoms with Crippen molar-refractivity contribution in [2.45, 2.75) is 44.8 Å². The van der Waals surface area contributed by atoms with Crippen molar-refractivity contribution in [2.24, 2.45) is 0 Å². The van der Waals surface area contributed by atoms with E-state index in [0.29, 0.717) is 17.8 Å². The second kappa shape index (κ2) is 6.84. The molecule has 0 aromatic heterocycles. The average Bonchev–Trinajstić information content (AvgIpc) is 2.97. The predicted octanol–water partition coefficient (Wildman–Crippen LogP) is 1.76. The maximum atomic E-state index is 12.3. The number of amides is 2. The zero-order valence-electron chi connectivity index (χ0n) is 13.5. The van der Waals surface area contributed by atoms with Crippen LogP contribution in [-0.2, 0) is 9.59 Å². The SMILES string of the molecule is C#Cc1cccc(NC(=O)CC(=O)N2CCC[C@H]2C(C)(C)O)c1. The molecule has 5 heteroatoms. The molecule has 0 aliphatic carbocycles. The molecule has 2 amide bonds. The monoisotopic (exact) mass is 314 g/mol. The molecule has 122 valence electrons. The zero-order chi connectivity index (χ0) is 17.0. The highest BCUT2D eigenvalue weighted by Gasteiger charge is 2.38. The Morgan fingerprint density at radius 2 is 2.22 bits per heavy atom. The van der Waals surface area contributed by atoms with Crippen molar-refractivity contribution in [3.63, 3.8) is 0 Å². The van der Waals surface area contributed by atoms with E-state index in [0.717, 1.165) is 12.8 Å². The van der Waals surface area contributed by atoms with Crippen molar-refractivity contribution in [3.05, 3.63) is 29.8 Å². The Balaban J connectivity index is 1.97. The van der Waals surface area contributed by atoms with Crippen molar-refractivity contribution in [1.29, 1.82) is 0 Å². The predicted molar refractivity (Wildman–Crippen MR) is 88.7 cm³/mol. The standard InChI is InChI=1S/C18H22N2O3/c1-4-13-7-5-8-14(11-13)19-16(21)12-17(22)20-10-6-9-15(20)18(2,3)23/h1,5,7-8,11,15,23H,6,9-10,12H2,2-3H3,(H,19,21)/t15-/m0/s1. The molecule has 1 atom stereocenters. The molecule has 2 N–H and O–H groups in total. The second-order valence-corrected chi connectivity index (χ2v) is 6.35. The third kappa shape index (κ3) is 4.33. The van der Waals surface area contributed by atoms with Crippen LogP contribution in [0.25, 0.3) is 0 Å². The minimum absolute atomic E-state index is 0.243. The van der Waals surface area contributed by atoms with Crippen molar-refractivity contribution >= 4 is 17.5 Å². The molecule has 2 rings (SSSR count). The molecule has 0 spiro atoms. The fraction of sp³-hybridized carbons (Fsp3) is 0.444. The highest BCUT2D eigenvalue weighted by Crippen LogP contribution is 2.27. The van der Waals surface area contributed by atoms with Gasteiger partial charge >= 0.3 is 0 Å². The van der Waals surface area contributed by atoms with Crippen LogP contribution in [-0.4, -0.2) is 40.0 Å². The van der Waals surface area contributed by atoms with Gasteiger partial charge in [-0.3, -0.25) is 9.59 Å². The van der Waals surface area contributed by atoms with Gasteiger partial charge in [0.25, 0.3) is 0 Å². The quantitative estimate of drug-likeness (QED) is 0.657. The number of anilines is 1. The van der Waals surface area contributed by atoms with Crippen LogP contribution in [0, 0.1) is 12.3 Å². The van der Waals surface area contributed by atoms with E-state index in [1.54, 1.807) is 43.0 Å². The fourth-order valence-electron chi connectivity index (χ4n) is 2.93. The first-order chi connectivity index (χ1) is 10.8. The van der Waals surface area contributed by atoms with Gasteiger partial charge in [0.15, 0.2) is 0 Å². The number of rotatable bonds is 4. The summed E-state index contributed by atoms with van der Waals surface area (Å²) in [5, 5.41) is 12.8. The van der Waals surface area contributed by atoms with Crippen molar-refractivity contribution in [3.8, 4) is 12.3 Å². The molecule has 1 aromatic carbocycles. The topological polar surface area (TPSA) is 69.6 Å². The number of terminal acetylenes is 1. The van der Waals surface area contributed by atoms with Gasteiger partial charge in [-0.1, -0.05) is 12.0 Å². The third-order valence-corrected chi connectivity index (χ3v) is 4.01. The molecule has 1 aliphatic rings. The lowest BCUT2D eigenvalue weighted by Crippen LogP contribution is -2.48. The molecule has 1 aliphatic heterocycles. The van der Waals surface area contributed by atoms with Crippen LogP contribution in [0.5, 0.6) is 0 Å². The number of carbonyl (C=O) groups excluding carboxylic acids is 2. The molecule has 1 aromatic rings. The molecular formula is C18H22N2O3. The molecule has 23 heavy (non-hydrogen) atoms. The van der Waals surface area contributed by atoms with Gasteiger partial charge in [-0.2, -0.15) is 0 Å². The molecule has 1 fully saturated rings. The molecule has 1 saturated heterocycles. The molecule has 0 unspecified atom stereocenters. The van der Waals surface area contributed by atoms with E-state index in [1.165, 1.54) is 0 Å². The van der Waals surface area contributed by atoms with Gasteiger partial charge in [0.05, 0.1) is 11.6 Å². The first-order valence-electron chi connectivity index (χ1n) is 7.69. The van der Waals surface area contributed by atoms with Crippen molar-refractivity contribution in [1.82, 2.24) is 4.90 Å². The Morgan fingerprint density at radius 3 is 2.87 bits per heavy atom. The minimum Gasteiger partial charge on any atom is -0.388 e. The molecule has 0 saturated carbocycles. The smallest absolute Gasteiger partial charge is 0.233 e. The van der Waals surface area contributed by atoms with Crippen molar-refractivity contribution < 1.29 is 14.7 Å². The maximum Gasteiger partial charge on any atom is 0.233 e. The van der Waals surface area contributed by atoms with Crippen LogP contribution in [0.3, 0.4) is 0 Å². The Bertz CT molecular complexity index is 640. The number of benzene rings is 1. The number of aliphatic hydroxyl groups is 1. The molecule has 5 nitrogen and oxygen atoms in total. The summed E-state index contributed by atoms with van der Waals surface area (Å²) in [5.74, 6) is 1.85. The number of carbonyl (C=O) groups is 2. The van der Waals surface area contributed by atoms with E-state index >= 15 is 0 Å². The van der Waals surface area contributed by atoms with Gasteiger partial charge in [-0.05, 0) is 44.9 Å². The van der Waals surface area contributed by atoms with E-state index in [1.807, 2.05) is 0 Å². The lowest BCUT2D eigenvalue weighted by Gasteiger charge is -2.33. The summed E-state index contributed by atoms with van der Waals surface area (Å²) in [6.07, 6.45) is 6.67. The summed E-state index contributed by atoms with van der Waals surface area (Å²) in [7, 11) is 0. The van der Waals surface area contributed by atoms with Gasteiger partial charge in [0.2, 0.25) is 11.8 Å². The van der Waals surface area contributed by atoms with Gasteiger partial charge in [0.1, 0.15) is 6.42 Å². The molecule has 0 radical (unpaired) electrons. The number of hydrogen-bond donors (Lipinski definition) is 2. The highest BCUT2D eigenvalue weighted by atomic mass is 16.3. The maximum absolute atomic E-state index is 12.3. The minimum atomic E-state index is -0.968. The first-order valence-corrected chi connectivity index (χ1v) is 7.69. The van der Waals surface area contributed by atoms with Crippen LogP contribution < -0.4 is 5.32 Å². The summed E-state index contributed by atoms with van der Waals surface area (Å²) in [6.45, 7) is 3.96. The normalized spacial score (nSPS) is 17.7. The number of likely N-dealkylation sites (tertiary alicyclic amines) is 1. The third-order valence-electron chi connectivity index (χ3n) is 4.01. The van der Waals surface area contributed by atoms with E-state index in [-0.39, 0.29) is 24.3 Å². The van der Waals surface area contributed by atoms with Crippen LogP contribution in [0.15, 0.2) is 24.3 Å².